The molecule has 0 radical (unpaired) electrons. The van der Waals surface area contributed by atoms with Crippen LogP contribution in [0.5, 0.6) is 0 Å². The minimum Gasteiger partial charge on any atom is -0.464 e. The molecule has 1 aromatic heterocycles. The predicted octanol–water partition coefficient (Wildman–Crippen LogP) is 4.27. The number of likely N-dealkylation sites (tertiary alicyclic amines) is 1. The molecule has 1 saturated heterocycles. The van der Waals surface area contributed by atoms with Gasteiger partial charge in [0.05, 0.1) is 18.7 Å². The van der Waals surface area contributed by atoms with Crippen LogP contribution in [0.1, 0.15) is 16.8 Å². The third-order valence-corrected chi connectivity index (χ3v) is 5.22. The number of benzene rings is 2. The number of amides is 2. The average molecular weight is 423 g/mol. The molecule has 1 aliphatic rings. The molecule has 1 unspecified atom stereocenters. The van der Waals surface area contributed by atoms with Crippen molar-refractivity contribution < 1.29 is 18.8 Å². The largest absolute Gasteiger partial charge is 0.464 e. The topological polar surface area (TPSA) is 79.6 Å². The molecule has 7 heteroatoms. The van der Waals surface area contributed by atoms with Gasteiger partial charge in [-0.2, -0.15) is 0 Å². The summed E-state index contributed by atoms with van der Waals surface area (Å²) in [6.07, 6.45) is 1.67. The molecule has 6 nitrogen and oxygen atoms in total. The molecule has 2 heterocycles. The Hall–Kier alpha value is -3.38. The number of piperidine rings is 1. The molecular formula is C23H19ClN2O4. The second-order valence-electron chi connectivity index (χ2n) is 7.18. The molecule has 152 valence electrons. The molecule has 1 aliphatic heterocycles. The number of Topliss-reactive ketones (excluding diaryl/α,β-unsaturated/α-hetero) is 1. The highest BCUT2D eigenvalue weighted by molar-refractivity contribution is 6.30. The lowest BCUT2D eigenvalue weighted by molar-refractivity contribution is -0.130. The third kappa shape index (κ3) is 4.44. The van der Waals surface area contributed by atoms with Crippen molar-refractivity contribution in [3.8, 4) is 11.3 Å². The van der Waals surface area contributed by atoms with Crippen molar-refractivity contribution in [3.05, 3.63) is 77.5 Å². The van der Waals surface area contributed by atoms with Crippen molar-refractivity contribution in [1.82, 2.24) is 4.90 Å². The zero-order valence-corrected chi connectivity index (χ0v) is 16.8. The number of nitrogens with one attached hydrogen (secondary N) is 1. The highest BCUT2D eigenvalue weighted by atomic mass is 35.5. The van der Waals surface area contributed by atoms with Gasteiger partial charge < -0.3 is 14.6 Å². The molecule has 2 aromatic carbocycles. The van der Waals surface area contributed by atoms with Crippen molar-refractivity contribution in [3.63, 3.8) is 0 Å². The quantitative estimate of drug-likeness (QED) is 0.680. The lowest BCUT2D eigenvalue weighted by Crippen LogP contribution is -2.47. The summed E-state index contributed by atoms with van der Waals surface area (Å²) in [5.74, 6) is -0.694. The van der Waals surface area contributed by atoms with Crippen LogP contribution >= 0.6 is 11.6 Å². The van der Waals surface area contributed by atoms with Gasteiger partial charge in [-0.15, -0.1) is 0 Å². The molecule has 0 aliphatic carbocycles. The Kier molecular flexibility index (Phi) is 5.68. The minimum atomic E-state index is -0.612. The van der Waals surface area contributed by atoms with E-state index in [0.717, 1.165) is 5.56 Å². The first-order valence-electron chi connectivity index (χ1n) is 9.51. The van der Waals surface area contributed by atoms with Crippen LogP contribution in [0.4, 0.5) is 5.69 Å². The number of carbonyl (C=O) groups excluding carboxylic acids is 3. The molecule has 2 amide bonds. The number of rotatable bonds is 4. The molecule has 4 rings (SSSR count). The van der Waals surface area contributed by atoms with E-state index in [1.807, 2.05) is 12.1 Å². The van der Waals surface area contributed by atoms with Gasteiger partial charge in [0.25, 0.3) is 5.91 Å². The predicted molar refractivity (Wildman–Crippen MR) is 113 cm³/mol. The normalized spacial score (nSPS) is 16.4. The maximum Gasteiger partial charge on any atom is 0.254 e. The van der Waals surface area contributed by atoms with E-state index in [1.165, 1.54) is 4.90 Å². The first-order chi connectivity index (χ1) is 14.5. The molecular weight excluding hydrogens is 404 g/mol. The van der Waals surface area contributed by atoms with E-state index in [4.69, 9.17) is 16.0 Å². The van der Waals surface area contributed by atoms with Gasteiger partial charge in [0, 0.05) is 34.8 Å². The Balaban J connectivity index is 1.48. The first-order valence-corrected chi connectivity index (χ1v) is 9.89. The standard InChI is InChI=1S/C23H19ClN2O4/c24-18-6-8-19(9-7-18)25-22(28)17-12-20(27)14-26(13-17)23(29)16-4-1-3-15(11-16)21-5-2-10-30-21/h1-11,17H,12-14H2,(H,25,28). The summed E-state index contributed by atoms with van der Waals surface area (Å²) in [4.78, 5) is 39.4. The van der Waals surface area contributed by atoms with Gasteiger partial charge in [-0.25, -0.2) is 0 Å². The second-order valence-corrected chi connectivity index (χ2v) is 7.62. The third-order valence-electron chi connectivity index (χ3n) is 4.97. The summed E-state index contributed by atoms with van der Waals surface area (Å²) in [5.41, 5.74) is 1.80. The van der Waals surface area contributed by atoms with Gasteiger partial charge in [0.1, 0.15) is 5.76 Å². The smallest absolute Gasteiger partial charge is 0.254 e. The van der Waals surface area contributed by atoms with Crippen molar-refractivity contribution in [2.75, 3.05) is 18.4 Å². The van der Waals surface area contributed by atoms with E-state index < -0.39 is 5.92 Å². The Morgan fingerprint density at radius 3 is 2.60 bits per heavy atom. The number of hydrogen-bond donors (Lipinski definition) is 1. The summed E-state index contributed by atoms with van der Waals surface area (Å²) in [5, 5.41) is 3.35. The number of carbonyl (C=O) groups is 3. The number of nitrogens with zero attached hydrogens (tertiary/aromatic N) is 1. The Morgan fingerprint density at radius 2 is 1.87 bits per heavy atom. The summed E-state index contributed by atoms with van der Waals surface area (Å²) >= 11 is 5.86. The second kappa shape index (κ2) is 8.55. The summed E-state index contributed by atoms with van der Waals surface area (Å²) in [6, 6.07) is 17.3. The lowest BCUT2D eigenvalue weighted by Gasteiger charge is -2.31. The first kappa shape index (κ1) is 19.9. The van der Waals surface area contributed by atoms with Crippen LogP contribution in [-0.4, -0.2) is 35.6 Å². The van der Waals surface area contributed by atoms with E-state index in [-0.39, 0.29) is 37.1 Å². The van der Waals surface area contributed by atoms with E-state index in [9.17, 15) is 14.4 Å². The van der Waals surface area contributed by atoms with Gasteiger partial charge in [0.15, 0.2) is 5.78 Å². The van der Waals surface area contributed by atoms with Crippen LogP contribution in [0.15, 0.2) is 71.3 Å². The maximum absolute atomic E-state index is 13.0. The van der Waals surface area contributed by atoms with Crippen molar-refractivity contribution in [2.24, 2.45) is 5.92 Å². The Bertz CT molecular complexity index is 1080. The van der Waals surface area contributed by atoms with E-state index in [2.05, 4.69) is 5.32 Å². The van der Waals surface area contributed by atoms with Gasteiger partial charge in [0.2, 0.25) is 5.91 Å². The fourth-order valence-corrected chi connectivity index (χ4v) is 3.61. The highest BCUT2D eigenvalue weighted by Crippen LogP contribution is 2.24. The van der Waals surface area contributed by atoms with E-state index >= 15 is 0 Å². The number of ketones is 1. The molecule has 1 N–H and O–H groups in total. The zero-order chi connectivity index (χ0) is 21.1. The van der Waals surface area contributed by atoms with Gasteiger partial charge in [-0.05, 0) is 48.5 Å². The number of halogens is 1. The van der Waals surface area contributed by atoms with Crippen LogP contribution in [0.2, 0.25) is 5.02 Å². The van der Waals surface area contributed by atoms with Crippen molar-refractivity contribution in [1.29, 1.82) is 0 Å². The molecule has 1 atom stereocenters. The van der Waals surface area contributed by atoms with Crippen LogP contribution in [0.3, 0.4) is 0 Å². The molecule has 0 saturated carbocycles. The monoisotopic (exact) mass is 422 g/mol. The van der Waals surface area contributed by atoms with Gasteiger partial charge in [-0.3, -0.25) is 14.4 Å². The van der Waals surface area contributed by atoms with Crippen molar-refractivity contribution in [2.45, 2.75) is 6.42 Å². The number of anilines is 1. The summed E-state index contributed by atoms with van der Waals surface area (Å²) in [6.45, 7) is 0.170. The van der Waals surface area contributed by atoms with Gasteiger partial charge >= 0.3 is 0 Å². The fourth-order valence-electron chi connectivity index (χ4n) is 3.49. The number of hydrogen-bond acceptors (Lipinski definition) is 4. The van der Waals surface area contributed by atoms with Crippen LogP contribution < -0.4 is 5.32 Å². The molecule has 0 spiro atoms. The Morgan fingerprint density at radius 1 is 1.07 bits per heavy atom. The molecule has 3 aromatic rings. The molecule has 0 bridgehead atoms. The van der Waals surface area contributed by atoms with E-state index in [0.29, 0.717) is 22.0 Å². The Labute approximate surface area is 178 Å². The molecule has 30 heavy (non-hydrogen) atoms. The van der Waals surface area contributed by atoms with E-state index in [1.54, 1.807) is 54.8 Å². The van der Waals surface area contributed by atoms with Crippen LogP contribution in [0.25, 0.3) is 11.3 Å². The fraction of sp³-hybridized carbons (Fsp3) is 0.174. The zero-order valence-electron chi connectivity index (χ0n) is 16.0. The lowest BCUT2D eigenvalue weighted by atomic mass is 9.95. The molecule has 1 fully saturated rings. The van der Waals surface area contributed by atoms with Crippen molar-refractivity contribution >= 4 is 34.9 Å². The number of furan rings is 1. The van der Waals surface area contributed by atoms with Crippen LogP contribution in [-0.2, 0) is 9.59 Å². The minimum absolute atomic E-state index is 0.00542. The highest BCUT2D eigenvalue weighted by Gasteiger charge is 2.33. The maximum atomic E-state index is 13.0. The van der Waals surface area contributed by atoms with Crippen LogP contribution in [0, 0.1) is 5.92 Å². The SMILES string of the molecule is O=C1CC(C(=O)Nc2ccc(Cl)cc2)CN(C(=O)c2cccc(-c3ccco3)c2)C1. The summed E-state index contributed by atoms with van der Waals surface area (Å²) in [7, 11) is 0. The summed E-state index contributed by atoms with van der Waals surface area (Å²) < 4.78 is 5.39. The van der Waals surface area contributed by atoms with Gasteiger partial charge in [-0.1, -0.05) is 23.7 Å². The average Bonchev–Trinajstić information content (AvgIpc) is 3.29.